The lowest BCUT2D eigenvalue weighted by Crippen LogP contribution is -2.11. The van der Waals surface area contributed by atoms with Crippen LogP contribution in [0.1, 0.15) is 15.9 Å². The molecule has 0 heterocycles. The van der Waals surface area contributed by atoms with Crippen LogP contribution >= 0.6 is 0 Å². The molecule has 17 heavy (non-hydrogen) atoms. The van der Waals surface area contributed by atoms with Gasteiger partial charge in [-0.25, -0.2) is 0 Å². The standard InChI is InChI=1S/C14H13NO2/c1-10-9-12(7-8-13(10)16)15-14(17)11-5-3-2-4-6-11/h2-9,16H,1H3,(H,15,17). The van der Waals surface area contributed by atoms with Crippen LogP contribution in [0.3, 0.4) is 0 Å². The summed E-state index contributed by atoms with van der Waals surface area (Å²) < 4.78 is 0. The molecular weight excluding hydrogens is 214 g/mol. The van der Waals surface area contributed by atoms with E-state index in [-0.39, 0.29) is 11.7 Å². The summed E-state index contributed by atoms with van der Waals surface area (Å²) in [5.41, 5.74) is 2.02. The van der Waals surface area contributed by atoms with Gasteiger partial charge >= 0.3 is 0 Å². The molecule has 86 valence electrons. The second-order valence-corrected chi connectivity index (χ2v) is 3.82. The van der Waals surface area contributed by atoms with E-state index >= 15 is 0 Å². The van der Waals surface area contributed by atoms with Crippen molar-refractivity contribution in [3.63, 3.8) is 0 Å². The number of phenols is 1. The molecule has 0 unspecified atom stereocenters. The van der Waals surface area contributed by atoms with Gasteiger partial charge in [0.05, 0.1) is 0 Å². The number of phenolic OH excluding ortho intramolecular Hbond substituents is 1. The average molecular weight is 227 g/mol. The van der Waals surface area contributed by atoms with Crippen LogP contribution in [0, 0.1) is 6.92 Å². The Morgan fingerprint density at radius 1 is 1.12 bits per heavy atom. The molecule has 0 radical (unpaired) electrons. The molecular formula is C14H13NO2. The van der Waals surface area contributed by atoms with Crippen molar-refractivity contribution in [2.45, 2.75) is 6.92 Å². The van der Waals surface area contributed by atoms with Crippen molar-refractivity contribution >= 4 is 11.6 Å². The highest BCUT2D eigenvalue weighted by molar-refractivity contribution is 6.04. The molecule has 2 aromatic rings. The third-order valence-electron chi connectivity index (χ3n) is 2.49. The molecule has 0 bridgehead atoms. The minimum absolute atomic E-state index is 0.157. The number of hydrogen-bond acceptors (Lipinski definition) is 2. The zero-order chi connectivity index (χ0) is 12.3. The fourth-order valence-corrected chi connectivity index (χ4v) is 1.53. The molecule has 0 fully saturated rings. The number of benzene rings is 2. The summed E-state index contributed by atoms with van der Waals surface area (Å²) >= 11 is 0. The van der Waals surface area contributed by atoms with Gasteiger partial charge in [-0.15, -0.1) is 0 Å². The zero-order valence-electron chi connectivity index (χ0n) is 9.47. The number of hydrogen-bond donors (Lipinski definition) is 2. The molecule has 0 aliphatic rings. The van der Waals surface area contributed by atoms with Gasteiger partial charge in [0, 0.05) is 11.3 Å². The van der Waals surface area contributed by atoms with Crippen LogP contribution in [-0.4, -0.2) is 11.0 Å². The zero-order valence-corrected chi connectivity index (χ0v) is 9.47. The maximum absolute atomic E-state index is 11.8. The monoisotopic (exact) mass is 227 g/mol. The number of anilines is 1. The number of carbonyl (C=O) groups excluding carboxylic acids is 1. The number of carbonyl (C=O) groups is 1. The Morgan fingerprint density at radius 3 is 2.47 bits per heavy atom. The average Bonchev–Trinajstić information content (AvgIpc) is 2.35. The lowest BCUT2D eigenvalue weighted by molar-refractivity contribution is 0.102. The lowest BCUT2D eigenvalue weighted by atomic mass is 10.2. The maximum atomic E-state index is 11.8. The Kier molecular flexibility index (Phi) is 3.10. The molecule has 2 aromatic carbocycles. The quantitative estimate of drug-likeness (QED) is 0.775. The molecule has 0 saturated heterocycles. The summed E-state index contributed by atoms with van der Waals surface area (Å²) in [6.45, 7) is 1.79. The molecule has 2 rings (SSSR count). The van der Waals surface area contributed by atoms with Gasteiger partial charge in [-0.05, 0) is 42.8 Å². The van der Waals surface area contributed by atoms with Crippen molar-refractivity contribution in [3.05, 3.63) is 59.7 Å². The number of aromatic hydroxyl groups is 1. The van der Waals surface area contributed by atoms with E-state index in [1.165, 1.54) is 0 Å². The highest BCUT2D eigenvalue weighted by Gasteiger charge is 2.05. The number of amides is 1. The molecule has 1 amide bonds. The van der Waals surface area contributed by atoms with Gasteiger partial charge in [-0.2, -0.15) is 0 Å². The molecule has 3 heteroatoms. The summed E-state index contributed by atoms with van der Waals surface area (Å²) in [5.74, 6) is 0.0680. The Hall–Kier alpha value is -2.29. The summed E-state index contributed by atoms with van der Waals surface area (Å²) in [6.07, 6.45) is 0. The first-order chi connectivity index (χ1) is 8.16. The minimum Gasteiger partial charge on any atom is -0.508 e. The van der Waals surface area contributed by atoms with Gasteiger partial charge < -0.3 is 10.4 Å². The van der Waals surface area contributed by atoms with Crippen molar-refractivity contribution in [1.82, 2.24) is 0 Å². The van der Waals surface area contributed by atoms with E-state index in [2.05, 4.69) is 5.32 Å². The Bertz CT molecular complexity index is 535. The molecule has 0 atom stereocenters. The Morgan fingerprint density at radius 2 is 1.82 bits per heavy atom. The third kappa shape index (κ3) is 2.64. The SMILES string of the molecule is Cc1cc(NC(=O)c2ccccc2)ccc1O. The molecule has 0 aromatic heterocycles. The summed E-state index contributed by atoms with van der Waals surface area (Å²) in [6, 6.07) is 14.0. The fraction of sp³-hybridized carbons (Fsp3) is 0.0714. The largest absolute Gasteiger partial charge is 0.508 e. The molecule has 0 spiro atoms. The predicted molar refractivity (Wildman–Crippen MR) is 67.2 cm³/mol. The van der Waals surface area contributed by atoms with Gasteiger partial charge in [-0.1, -0.05) is 18.2 Å². The first kappa shape index (κ1) is 11.2. The van der Waals surface area contributed by atoms with Crippen LogP contribution in [0.4, 0.5) is 5.69 Å². The second kappa shape index (κ2) is 4.70. The van der Waals surface area contributed by atoms with E-state index in [4.69, 9.17) is 0 Å². The van der Waals surface area contributed by atoms with Gasteiger partial charge in [0.2, 0.25) is 0 Å². The van der Waals surface area contributed by atoms with E-state index in [0.29, 0.717) is 11.3 Å². The minimum atomic E-state index is -0.157. The molecule has 0 saturated carbocycles. The highest BCUT2D eigenvalue weighted by atomic mass is 16.3. The first-order valence-corrected chi connectivity index (χ1v) is 5.33. The van der Waals surface area contributed by atoms with Crippen molar-refractivity contribution in [2.24, 2.45) is 0 Å². The van der Waals surface area contributed by atoms with Crippen LogP contribution in [0.25, 0.3) is 0 Å². The van der Waals surface area contributed by atoms with Crippen LogP contribution in [0.5, 0.6) is 5.75 Å². The Labute approximate surface area is 99.7 Å². The maximum Gasteiger partial charge on any atom is 0.255 e. The van der Waals surface area contributed by atoms with Crippen molar-refractivity contribution < 1.29 is 9.90 Å². The molecule has 3 nitrogen and oxygen atoms in total. The smallest absolute Gasteiger partial charge is 0.255 e. The van der Waals surface area contributed by atoms with Gasteiger partial charge in [0.1, 0.15) is 5.75 Å². The first-order valence-electron chi connectivity index (χ1n) is 5.33. The van der Waals surface area contributed by atoms with Gasteiger partial charge in [0.25, 0.3) is 5.91 Å². The van der Waals surface area contributed by atoms with Crippen molar-refractivity contribution in [3.8, 4) is 5.75 Å². The normalized spacial score (nSPS) is 9.94. The summed E-state index contributed by atoms with van der Waals surface area (Å²) in [7, 11) is 0. The van der Waals surface area contributed by atoms with Crippen LogP contribution < -0.4 is 5.32 Å². The highest BCUT2D eigenvalue weighted by Crippen LogP contribution is 2.20. The third-order valence-corrected chi connectivity index (χ3v) is 2.49. The predicted octanol–water partition coefficient (Wildman–Crippen LogP) is 2.95. The van der Waals surface area contributed by atoms with Crippen molar-refractivity contribution in [2.75, 3.05) is 5.32 Å². The number of rotatable bonds is 2. The van der Waals surface area contributed by atoms with Crippen LogP contribution in [0.2, 0.25) is 0 Å². The second-order valence-electron chi connectivity index (χ2n) is 3.82. The van der Waals surface area contributed by atoms with Gasteiger partial charge in [-0.3, -0.25) is 4.79 Å². The van der Waals surface area contributed by atoms with E-state index in [9.17, 15) is 9.90 Å². The Balaban J connectivity index is 2.16. The number of aryl methyl sites for hydroxylation is 1. The molecule has 0 aliphatic carbocycles. The summed E-state index contributed by atoms with van der Waals surface area (Å²) in [5, 5.41) is 12.2. The van der Waals surface area contributed by atoms with Crippen LogP contribution in [-0.2, 0) is 0 Å². The van der Waals surface area contributed by atoms with Crippen LogP contribution in [0.15, 0.2) is 48.5 Å². The van der Waals surface area contributed by atoms with E-state index in [1.807, 2.05) is 18.2 Å². The van der Waals surface area contributed by atoms with E-state index in [1.54, 1.807) is 37.3 Å². The number of nitrogens with one attached hydrogen (secondary N) is 1. The molecule has 0 aliphatic heterocycles. The topological polar surface area (TPSA) is 49.3 Å². The van der Waals surface area contributed by atoms with E-state index in [0.717, 1.165) is 5.56 Å². The lowest BCUT2D eigenvalue weighted by Gasteiger charge is -2.06. The van der Waals surface area contributed by atoms with Gasteiger partial charge in [0.15, 0.2) is 0 Å². The van der Waals surface area contributed by atoms with Crippen molar-refractivity contribution in [1.29, 1.82) is 0 Å². The molecule has 2 N–H and O–H groups in total. The summed E-state index contributed by atoms with van der Waals surface area (Å²) in [4.78, 5) is 11.8. The van der Waals surface area contributed by atoms with E-state index < -0.39 is 0 Å². The fourth-order valence-electron chi connectivity index (χ4n) is 1.53.